The average Bonchev–Trinajstić information content (AvgIpc) is 3.06. The van der Waals surface area contributed by atoms with Gasteiger partial charge in [-0.2, -0.15) is 28.7 Å². The predicted molar refractivity (Wildman–Crippen MR) is 93.5 cm³/mol. The number of aromatic hydroxyl groups is 1. The number of hydrogen-bond acceptors (Lipinski definition) is 5. The Morgan fingerprint density at radius 3 is 2.72 bits per heavy atom. The quantitative estimate of drug-likeness (QED) is 0.722. The highest BCUT2D eigenvalue weighted by Crippen LogP contribution is 2.40. The van der Waals surface area contributed by atoms with Gasteiger partial charge in [0.05, 0.1) is 17.2 Å². The van der Waals surface area contributed by atoms with Gasteiger partial charge in [-0.05, 0) is 31.2 Å². The molecule has 0 fully saturated rings. The first-order valence-corrected chi connectivity index (χ1v) is 8.37. The van der Waals surface area contributed by atoms with Crippen LogP contribution in [-0.2, 0) is 11.0 Å². The molecule has 0 aliphatic carbocycles. The number of amides is 1. The number of anilines is 1. The molecule has 0 bridgehead atoms. The highest BCUT2D eigenvalue weighted by Gasteiger charge is 2.42. The number of rotatable bonds is 3. The summed E-state index contributed by atoms with van der Waals surface area (Å²) in [4.78, 5) is 12.6. The number of phenols is 1. The number of halogens is 4. The molecule has 2 unspecified atom stereocenters. The van der Waals surface area contributed by atoms with Crippen molar-refractivity contribution in [3.05, 3.63) is 58.9 Å². The first-order chi connectivity index (χ1) is 13.5. The monoisotopic (exact) mass is 406 g/mol. The van der Waals surface area contributed by atoms with E-state index in [1.165, 1.54) is 37.3 Å². The number of azo groups is 1. The maximum absolute atomic E-state index is 14.1. The third-order valence-corrected chi connectivity index (χ3v) is 4.57. The van der Waals surface area contributed by atoms with Gasteiger partial charge in [0, 0.05) is 17.7 Å². The van der Waals surface area contributed by atoms with Crippen molar-refractivity contribution in [3.63, 3.8) is 0 Å². The molecule has 10 heteroatoms. The lowest BCUT2D eigenvalue weighted by Gasteiger charge is -2.20. The Morgan fingerprint density at radius 2 is 2.07 bits per heavy atom. The Bertz CT molecular complexity index is 1050. The van der Waals surface area contributed by atoms with Gasteiger partial charge in [0.15, 0.2) is 17.1 Å². The van der Waals surface area contributed by atoms with Crippen LogP contribution in [-0.4, -0.2) is 16.6 Å². The normalized spacial score (nSPS) is 21.0. The van der Waals surface area contributed by atoms with Crippen LogP contribution in [0.25, 0.3) is 0 Å². The Hall–Kier alpha value is -3.48. The number of nitrogens with zero attached hydrogens (tertiary/aromatic N) is 3. The van der Waals surface area contributed by atoms with E-state index in [4.69, 9.17) is 5.26 Å². The highest BCUT2D eigenvalue weighted by atomic mass is 19.4. The zero-order valence-electron chi connectivity index (χ0n) is 15.0. The lowest BCUT2D eigenvalue weighted by Crippen LogP contribution is -2.37. The van der Waals surface area contributed by atoms with Crippen LogP contribution in [0.3, 0.4) is 0 Å². The van der Waals surface area contributed by atoms with Crippen molar-refractivity contribution in [1.29, 1.82) is 5.26 Å². The third kappa shape index (κ3) is 3.89. The Morgan fingerprint density at radius 1 is 1.34 bits per heavy atom. The number of carbonyl (C=O) groups is 1. The van der Waals surface area contributed by atoms with E-state index in [2.05, 4.69) is 15.5 Å². The molecule has 1 aliphatic rings. The molecule has 0 saturated carbocycles. The second-order valence-electron chi connectivity index (χ2n) is 6.71. The molecule has 1 amide bonds. The lowest BCUT2D eigenvalue weighted by atomic mass is 9.91. The number of phenolic OH excluding ortho intramolecular Hbond substituents is 1. The fraction of sp³-hybridized carbons (Fsp3) is 0.263. The minimum Gasteiger partial charge on any atom is -0.505 e. The van der Waals surface area contributed by atoms with Crippen LogP contribution < -0.4 is 5.32 Å². The molecular weight excluding hydrogens is 392 g/mol. The van der Waals surface area contributed by atoms with Crippen molar-refractivity contribution >= 4 is 11.6 Å². The SMILES string of the molecule is CC1(C(=O)Nc2ccc(C#N)c(C(F)(F)F)c2)CC(c2cccc(O)c2F)N=N1. The summed E-state index contributed by atoms with van der Waals surface area (Å²) in [6.07, 6.45) is -4.80. The Balaban J connectivity index is 1.81. The Kier molecular flexibility index (Phi) is 5.00. The molecule has 2 N–H and O–H groups in total. The molecule has 6 nitrogen and oxygen atoms in total. The van der Waals surface area contributed by atoms with Crippen molar-refractivity contribution in [2.45, 2.75) is 31.1 Å². The number of nitrogens with one attached hydrogen (secondary N) is 1. The summed E-state index contributed by atoms with van der Waals surface area (Å²) < 4.78 is 53.4. The summed E-state index contributed by atoms with van der Waals surface area (Å²) in [5, 5.41) is 28.4. The van der Waals surface area contributed by atoms with E-state index in [0.717, 1.165) is 6.07 Å². The molecule has 2 aromatic carbocycles. The number of hydrogen-bond donors (Lipinski definition) is 2. The minimum absolute atomic E-state index is 0.0401. The topological polar surface area (TPSA) is 97.8 Å². The van der Waals surface area contributed by atoms with Gasteiger partial charge in [0.2, 0.25) is 0 Å². The van der Waals surface area contributed by atoms with Gasteiger partial charge in [-0.25, -0.2) is 4.39 Å². The molecule has 1 heterocycles. The fourth-order valence-electron chi connectivity index (χ4n) is 2.98. The van der Waals surface area contributed by atoms with Gasteiger partial charge in [-0.15, -0.1) is 0 Å². The molecule has 29 heavy (non-hydrogen) atoms. The van der Waals surface area contributed by atoms with Gasteiger partial charge < -0.3 is 10.4 Å². The van der Waals surface area contributed by atoms with Crippen molar-refractivity contribution in [2.24, 2.45) is 10.2 Å². The zero-order valence-corrected chi connectivity index (χ0v) is 15.0. The number of benzene rings is 2. The van der Waals surface area contributed by atoms with E-state index in [9.17, 15) is 27.5 Å². The molecular formula is C19H14F4N4O2. The number of carbonyl (C=O) groups excluding carboxylic acids is 1. The van der Waals surface area contributed by atoms with Crippen LogP contribution in [0.1, 0.15) is 36.1 Å². The van der Waals surface area contributed by atoms with Gasteiger partial charge in [-0.3, -0.25) is 4.79 Å². The van der Waals surface area contributed by atoms with Crippen molar-refractivity contribution < 1.29 is 27.5 Å². The van der Waals surface area contributed by atoms with Crippen LogP contribution in [0, 0.1) is 17.1 Å². The molecule has 0 saturated heterocycles. The van der Waals surface area contributed by atoms with Gasteiger partial charge in [-0.1, -0.05) is 12.1 Å². The van der Waals surface area contributed by atoms with E-state index in [1.54, 1.807) is 0 Å². The van der Waals surface area contributed by atoms with Crippen LogP contribution >= 0.6 is 0 Å². The predicted octanol–water partition coefficient (Wildman–Crippen LogP) is 4.72. The number of nitriles is 1. The molecule has 1 aliphatic heterocycles. The summed E-state index contributed by atoms with van der Waals surface area (Å²) in [6, 6.07) is 7.42. The Labute approximate surface area is 162 Å². The molecule has 150 valence electrons. The standard InChI is InChI=1S/C19H14F4N4O2/c1-18(8-14(26-27-18)12-3-2-4-15(28)16(12)20)17(29)25-11-6-5-10(9-24)13(7-11)19(21,22)23/h2-7,14,28H,8H2,1H3,(H,25,29). The second kappa shape index (κ2) is 7.16. The molecule has 0 spiro atoms. The summed E-state index contributed by atoms with van der Waals surface area (Å²) in [7, 11) is 0. The van der Waals surface area contributed by atoms with Crippen LogP contribution in [0.2, 0.25) is 0 Å². The molecule has 0 aromatic heterocycles. The second-order valence-corrected chi connectivity index (χ2v) is 6.71. The van der Waals surface area contributed by atoms with E-state index in [0.29, 0.717) is 6.07 Å². The van der Waals surface area contributed by atoms with Crippen molar-refractivity contribution in [3.8, 4) is 11.8 Å². The first kappa shape index (κ1) is 20.3. The lowest BCUT2D eigenvalue weighted by molar-refractivity contribution is -0.137. The molecule has 2 aromatic rings. The van der Waals surface area contributed by atoms with E-state index in [1.807, 2.05) is 0 Å². The van der Waals surface area contributed by atoms with Gasteiger partial charge in [0.25, 0.3) is 5.91 Å². The van der Waals surface area contributed by atoms with E-state index < -0.39 is 46.4 Å². The molecule has 3 rings (SSSR count). The largest absolute Gasteiger partial charge is 0.505 e. The summed E-state index contributed by atoms with van der Waals surface area (Å²) in [6.45, 7) is 1.42. The average molecular weight is 406 g/mol. The molecule has 2 atom stereocenters. The third-order valence-electron chi connectivity index (χ3n) is 4.57. The smallest absolute Gasteiger partial charge is 0.417 e. The maximum Gasteiger partial charge on any atom is 0.417 e. The van der Waals surface area contributed by atoms with Gasteiger partial charge >= 0.3 is 6.18 Å². The summed E-state index contributed by atoms with van der Waals surface area (Å²) in [5.74, 6) is -2.17. The van der Waals surface area contributed by atoms with E-state index in [-0.39, 0.29) is 17.7 Å². The van der Waals surface area contributed by atoms with Crippen LogP contribution in [0.5, 0.6) is 5.75 Å². The first-order valence-electron chi connectivity index (χ1n) is 8.37. The summed E-state index contributed by atoms with van der Waals surface area (Å²) >= 11 is 0. The maximum atomic E-state index is 14.1. The van der Waals surface area contributed by atoms with Crippen molar-refractivity contribution in [2.75, 3.05) is 5.32 Å². The van der Waals surface area contributed by atoms with E-state index >= 15 is 0 Å². The van der Waals surface area contributed by atoms with Crippen LogP contribution in [0.4, 0.5) is 23.2 Å². The summed E-state index contributed by atoms with van der Waals surface area (Å²) in [5.41, 5.74) is -3.29. The number of alkyl halides is 3. The molecule has 0 radical (unpaired) electrons. The highest BCUT2D eigenvalue weighted by molar-refractivity contribution is 5.98. The van der Waals surface area contributed by atoms with Gasteiger partial charge in [0.1, 0.15) is 6.04 Å². The van der Waals surface area contributed by atoms with Crippen molar-refractivity contribution in [1.82, 2.24) is 0 Å². The zero-order chi connectivity index (χ0) is 21.4. The minimum atomic E-state index is -4.76. The van der Waals surface area contributed by atoms with Crippen LogP contribution in [0.15, 0.2) is 46.6 Å². The fourth-order valence-corrected chi connectivity index (χ4v) is 2.98.